The molecular formula is C18H22N4O2. The van der Waals surface area contributed by atoms with Crippen LogP contribution in [0.1, 0.15) is 29.3 Å². The lowest BCUT2D eigenvalue weighted by atomic mass is 10.1. The Morgan fingerprint density at radius 3 is 2.38 bits per heavy atom. The number of benzene rings is 2. The minimum Gasteiger partial charge on any atom is -0.384 e. The SMILES string of the molecule is CCCNc1ccc(NC(=O)Nc2cccc(C)c2)cc1C(N)=O. The van der Waals surface area contributed by atoms with E-state index < -0.39 is 5.91 Å². The highest BCUT2D eigenvalue weighted by Crippen LogP contribution is 2.21. The molecule has 0 aromatic heterocycles. The quantitative estimate of drug-likeness (QED) is 0.653. The van der Waals surface area contributed by atoms with Crippen molar-refractivity contribution in [2.45, 2.75) is 20.3 Å². The predicted octanol–water partition coefficient (Wildman–Crippen LogP) is 3.56. The summed E-state index contributed by atoms with van der Waals surface area (Å²) in [7, 11) is 0. The zero-order chi connectivity index (χ0) is 17.5. The summed E-state index contributed by atoms with van der Waals surface area (Å²) in [5.41, 5.74) is 8.67. The Bertz CT molecular complexity index is 744. The molecule has 0 aliphatic heterocycles. The van der Waals surface area contributed by atoms with Gasteiger partial charge in [0.2, 0.25) is 0 Å². The van der Waals surface area contributed by atoms with Gasteiger partial charge in [-0.2, -0.15) is 0 Å². The number of hydrogen-bond donors (Lipinski definition) is 4. The smallest absolute Gasteiger partial charge is 0.323 e. The Kier molecular flexibility index (Phi) is 5.78. The molecule has 5 N–H and O–H groups in total. The summed E-state index contributed by atoms with van der Waals surface area (Å²) in [5.74, 6) is -0.545. The van der Waals surface area contributed by atoms with Gasteiger partial charge in [-0.05, 0) is 49.2 Å². The van der Waals surface area contributed by atoms with Crippen LogP contribution in [0.5, 0.6) is 0 Å². The molecule has 0 spiro atoms. The molecule has 0 heterocycles. The van der Waals surface area contributed by atoms with Crippen LogP contribution >= 0.6 is 0 Å². The monoisotopic (exact) mass is 326 g/mol. The third-order valence-corrected chi connectivity index (χ3v) is 3.38. The number of hydrogen-bond acceptors (Lipinski definition) is 3. The number of amides is 3. The Morgan fingerprint density at radius 1 is 1.04 bits per heavy atom. The molecule has 2 aromatic rings. The van der Waals surface area contributed by atoms with Crippen molar-refractivity contribution in [3.8, 4) is 0 Å². The number of rotatable bonds is 6. The zero-order valence-electron chi connectivity index (χ0n) is 13.8. The maximum Gasteiger partial charge on any atom is 0.323 e. The molecule has 126 valence electrons. The molecule has 6 nitrogen and oxygen atoms in total. The van der Waals surface area contributed by atoms with Crippen LogP contribution in [0.15, 0.2) is 42.5 Å². The van der Waals surface area contributed by atoms with Gasteiger partial charge >= 0.3 is 6.03 Å². The third-order valence-electron chi connectivity index (χ3n) is 3.38. The summed E-state index contributed by atoms with van der Waals surface area (Å²) < 4.78 is 0. The van der Waals surface area contributed by atoms with E-state index in [4.69, 9.17) is 5.73 Å². The van der Waals surface area contributed by atoms with Crippen LogP contribution in [-0.2, 0) is 0 Å². The molecular weight excluding hydrogens is 304 g/mol. The summed E-state index contributed by atoms with van der Waals surface area (Å²) in [5, 5.41) is 8.59. The molecule has 6 heteroatoms. The van der Waals surface area contributed by atoms with Gasteiger partial charge in [0.05, 0.1) is 5.56 Å². The van der Waals surface area contributed by atoms with Crippen LogP contribution in [0.4, 0.5) is 21.9 Å². The molecule has 0 radical (unpaired) electrons. The van der Waals surface area contributed by atoms with E-state index in [2.05, 4.69) is 16.0 Å². The number of urea groups is 1. The van der Waals surface area contributed by atoms with Crippen molar-refractivity contribution >= 4 is 29.0 Å². The molecule has 0 saturated carbocycles. The molecule has 0 aliphatic rings. The van der Waals surface area contributed by atoms with Crippen LogP contribution in [0, 0.1) is 6.92 Å². The van der Waals surface area contributed by atoms with Gasteiger partial charge in [-0.3, -0.25) is 4.79 Å². The zero-order valence-corrected chi connectivity index (χ0v) is 13.8. The molecule has 0 atom stereocenters. The van der Waals surface area contributed by atoms with Crippen molar-refractivity contribution in [3.05, 3.63) is 53.6 Å². The summed E-state index contributed by atoms with van der Waals surface area (Å²) in [4.78, 5) is 23.7. The molecule has 0 aliphatic carbocycles. The first-order valence-electron chi connectivity index (χ1n) is 7.82. The maximum atomic E-state index is 12.1. The Labute approximate surface area is 141 Å². The second-order valence-corrected chi connectivity index (χ2v) is 5.50. The number of anilines is 3. The largest absolute Gasteiger partial charge is 0.384 e. The van der Waals surface area contributed by atoms with E-state index in [0.717, 1.165) is 18.5 Å². The normalized spacial score (nSPS) is 10.1. The molecule has 0 saturated heterocycles. The van der Waals surface area contributed by atoms with Crippen LogP contribution in [-0.4, -0.2) is 18.5 Å². The second kappa shape index (κ2) is 8.01. The van der Waals surface area contributed by atoms with E-state index in [-0.39, 0.29) is 6.03 Å². The van der Waals surface area contributed by atoms with Crippen molar-refractivity contribution in [1.82, 2.24) is 0 Å². The topological polar surface area (TPSA) is 96.2 Å². The van der Waals surface area contributed by atoms with Crippen LogP contribution < -0.4 is 21.7 Å². The van der Waals surface area contributed by atoms with E-state index in [1.54, 1.807) is 24.3 Å². The molecule has 24 heavy (non-hydrogen) atoms. The summed E-state index contributed by atoms with van der Waals surface area (Å²) in [6, 6.07) is 12.1. The molecule has 2 aromatic carbocycles. The van der Waals surface area contributed by atoms with Crippen LogP contribution in [0.3, 0.4) is 0 Å². The van der Waals surface area contributed by atoms with Gasteiger partial charge in [0, 0.05) is 23.6 Å². The third kappa shape index (κ3) is 4.74. The lowest BCUT2D eigenvalue weighted by Crippen LogP contribution is -2.20. The Morgan fingerprint density at radius 2 is 1.75 bits per heavy atom. The number of aryl methyl sites for hydroxylation is 1. The number of carbonyl (C=O) groups excluding carboxylic acids is 2. The van der Waals surface area contributed by atoms with Gasteiger partial charge in [0.15, 0.2) is 0 Å². The van der Waals surface area contributed by atoms with E-state index in [1.807, 2.05) is 32.0 Å². The summed E-state index contributed by atoms with van der Waals surface area (Å²) >= 11 is 0. The number of nitrogens with two attached hydrogens (primary N) is 1. The summed E-state index contributed by atoms with van der Waals surface area (Å²) in [6.45, 7) is 4.72. The fourth-order valence-electron chi connectivity index (χ4n) is 2.26. The highest BCUT2D eigenvalue weighted by molar-refractivity contribution is 6.03. The van der Waals surface area contributed by atoms with Crippen LogP contribution in [0.25, 0.3) is 0 Å². The van der Waals surface area contributed by atoms with E-state index in [1.165, 1.54) is 0 Å². The maximum absolute atomic E-state index is 12.1. The molecule has 3 amide bonds. The fraction of sp³-hybridized carbons (Fsp3) is 0.222. The van der Waals surface area contributed by atoms with E-state index in [0.29, 0.717) is 22.6 Å². The van der Waals surface area contributed by atoms with Gasteiger partial charge in [-0.15, -0.1) is 0 Å². The van der Waals surface area contributed by atoms with Gasteiger partial charge in [-0.25, -0.2) is 4.79 Å². The lowest BCUT2D eigenvalue weighted by Gasteiger charge is -2.12. The summed E-state index contributed by atoms with van der Waals surface area (Å²) in [6.07, 6.45) is 0.928. The first-order valence-corrected chi connectivity index (χ1v) is 7.82. The van der Waals surface area contributed by atoms with Gasteiger partial charge in [0.25, 0.3) is 5.91 Å². The Hall–Kier alpha value is -3.02. The minimum atomic E-state index is -0.545. The van der Waals surface area contributed by atoms with Crippen molar-refractivity contribution in [3.63, 3.8) is 0 Å². The second-order valence-electron chi connectivity index (χ2n) is 5.50. The van der Waals surface area contributed by atoms with Crippen molar-refractivity contribution < 1.29 is 9.59 Å². The molecule has 0 bridgehead atoms. The van der Waals surface area contributed by atoms with Gasteiger partial charge in [-0.1, -0.05) is 19.1 Å². The first-order chi connectivity index (χ1) is 11.5. The van der Waals surface area contributed by atoms with Crippen LogP contribution in [0.2, 0.25) is 0 Å². The van der Waals surface area contributed by atoms with Gasteiger partial charge < -0.3 is 21.7 Å². The van der Waals surface area contributed by atoms with Crippen molar-refractivity contribution in [2.24, 2.45) is 5.73 Å². The number of carbonyl (C=O) groups is 2. The standard InChI is InChI=1S/C18H22N4O2/c1-3-9-20-16-8-7-14(11-15(16)17(19)23)22-18(24)21-13-6-4-5-12(2)10-13/h4-8,10-11,20H,3,9H2,1-2H3,(H2,19,23)(H2,21,22,24). The molecule has 2 rings (SSSR count). The fourth-order valence-corrected chi connectivity index (χ4v) is 2.26. The number of primary amides is 1. The van der Waals surface area contributed by atoms with Gasteiger partial charge in [0.1, 0.15) is 0 Å². The van der Waals surface area contributed by atoms with Crippen molar-refractivity contribution in [1.29, 1.82) is 0 Å². The van der Waals surface area contributed by atoms with E-state index >= 15 is 0 Å². The average molecular weight is 326 g/mol. The Balaban J connectivity index is 2.10. The molecule has 0 unspecified atom stereocenters. The lowest BCUT2D eigenvalue weighted by molar-refractivity contribution is 0.100. The average Bonchev–Trinajstić information content (AvgIpc) is 2.53. The highest BCUT2D eigenvalue weighted by atomic mass is 16.2. The first kappa shape index (κ1) is 17.3. The van der Waals surface area contributed by atoms with E-state index in [9.17, 15) is 9.59 Å². The molecule has 0 fully saturated rings. The predicted molar refractivity (Wildman–Crippen MR) is 97.6 cm³/mol. The minimum absolute atomic E-state index is 0.344. The number of nitrogens with one attached hydrogen (secondary N) is 3. The van der Waals surface area contributed by atoms with Crippen molar-refractivity contribution in [2.75, 3.05) is 22.5 Å². The highest BCUT2D eigenvalue weighted by Gasteiger charge is 2.10.